The second-order valence-corrected chi connectivity index (χ2v) is 4.29. The quantitative estimate of drug-likeness (QED) is 0.831. The van der Waals surface area contributed by atoms with E-state index in [0.29, 0.717) is 11.4 Å². The predicted molar refractivity (Wildman–Crippen MR) is 74.8 cm³/mol. The number of hydrogen-bond donors (Lipinski definition) is 2. The van der Waals surface area contributed by atoms with Crippen LogP contribution in [-0.2, 0) is 0 Å². The van der Waals surface area contributed by atoms with Gasteiger partial charge in [-0.3, -0.25) is 10.1 Å². The molecule has 0 saturated carbocycles. The molecule has 0 aliphatic carbocycles. The Balaban J connectivity index is 2.57. The van der Waals surface area contributed by atoms with Crippen molar-refractivity contribution in [1.29, 1.82) is 0 Å². The summed E-state index contributed by atoms with van der Waals surface area (Å²) in [7, 11) is 0. The van der Waals surface area contributed by atoms with Crippen molar-refractivity contribution in [3.63, 3.8) is 0 Å². The molecule has 2 rings (SSSR count). The van der Waals surface area contributed by atoms with Gasteiger partial charge in [0.2, 0.25) is 0 Å². The zero-order valence-electron chi connectivity index (χ0n) is 10.9. The van der Waals surface area contributed by atoms with E-state index in [1.54, 1.807) is 6.08 Å². The summed E-state index contributed by atoms with van der Waals surface area (Å²) in [6.07, 6.45) is 4.80. The minimum atomic E-state index is -0.532. The van der Waals surface area contributed by atoms with Gasteiger partial charge in [0.15, 0.2) is 5.82 Å². The van der Waals surface area contributed by atoms with E-state index in [0.717, 1.165) is 23.0 Å². The standard InChI is InChI=1S/C14H15FN4/c1-4-8(2)5-10-9(3)18-19-14(10)13-6-12(16)11(15)7-17-13/h4-7H,1H2,2-3H3,(H2,16,17)(H,18,19)/b8-5-. The fourth-order valence-corrected chi connectivity index (χ4v) is 1.68. The molecular weight excluding hydrogens is 243 g/mol. The maximum absolute atomic E-state index is 13.1. The molecule has 0 atom stereocenters. The van der Waals surface area contributed by atoms with Crippen LogP contribution in [0, 0.1) is 12.7 Å². The Bertz CT molecular complexity index is 655. The first-order valence-electron chi connectivity index (χ1n) is 5.80. The van der Waals surface area contributed by atoms with Gasteiger partial charge in [-0.2, -0.15) is 5.10 Å². The van der Waals surface area contributed by atoms with Crippen molar-refractivity contribution in [3.05, 3.63) is 47.6 Å². The fraction of sp³-hybridized carbons (Fsp3) is 0.143. The predicted octanol–water partition coefficient (Wildman–Crippen LogP) is 3.09. The summed E-state index contributed by atoms with van der Waals surface area (Å²) in [5, 5.41) is 7.10. The molecule has 2 aromatic rings. The SMILES string of the molecule is C=C/C(C)=C\c1c(-c2cc(N)c(F)cn2)n[nH]c1C. The average Bonchev–Trinajstić information content (AvgIpc) is 2.74. The van der Waals surface area contributed by atoms with Crippen molar-refractivity contribution in [2.24, 2.45) is 0 Å². The molecule has 0 aromatic carbocycles. The highest BCUT2D eigenvalue weighted by molar-refractivity contribution is 5.74. The number of rotatable bonds is 3. The maximum Gasteiger partial charge on any atom is 0.164 e. The first kappa shape index (κ1) is 13.0. The molecule has 0 aliphatic heterocycles. The Kier molecular flexibility index (Phi) is 3.46. The van der Waals surface area contributed by atoms with E-state index in [1.165, 1.54) is 6.07 Å². The molecule has 5 heteroatoms. The van der Waals surface area contributed by atoms with Gasteiger partial charge >= 0.3 is 0 Å². The minimum Gasteiger partial charge on any atom is -0.396 e. The van der Waals surface area contributed by atoms with Gasteiger partial charge in [-0.1, -0.05) is 18.2 Å². The van der Waals surface area contributed by atoms with E-state index in [2.05, 4.69) is 21.8 Å². The summed E-state index contributed by atoms with van der Waals surface area (Å²) in [5.41, 5.74) is 9.60. The van der Waals surface area contributed by atoms with Gasteiger partial charge < -0.3 is 5.73 Å². The smallest absolute Gasteiger partial charge is 0.164 e. The van der Waals surface area contributed by atoms with E-state index in [4.69, 9.17) is 5.73 Å². The van der Waals surface area contributed by atoms with E-state index < -0.39 is 5.82 Å². The lowest BCUT2D eigenvalue weighted by molar-refractivity contribution is 0.626. The summed E-state index contributed by atoms with van der Waals surface area (Å²) in [6, 6.07) is 1.48. The van der Waals surface area contributed by atoms with Crippen LogP contribution in [0.5, 0.6) is 0 Å². The molecule has 0 aliphatic rings. The Morgan fingerprint density at radius 3 is 2.89 bits per heavy atom. The van der Waals surface area contributed by atoms with Crippen LogP contribution in [0.3, 0.4) is 0 Å². The van der Waals surface area contributed by atoms with Gasteiger partial charge in [-0.15, -0.1) is 0 Å². The van der Waals surface area contributed by atoms with Crippen molar-refractivity contribution >= 4 is 11.8 Å². The summed E-state index contributed by atoms with van der Waals surface area (Å²) >= 11 is 0. The Morgan fingerprint density at radius 1 is 1.53 bits per heavy atom. The number of aromatic amines is 1. The molecule has 0 radical (unpaired) electrons. The van der Waals surface area contributed by atoms with Crippen molar-refractivity contribution in [2.75, 3.05) is 5.73 Å². The number of nitrogens with zero attached hydrogens (tertiary/aromatic N) is 2. The van der Waals surface area contributed by atoms with Crippen LogP contribution in [0.4, 0.5) is 10.1 Å². The monoisotopic (exact) mass is 258 g/mol. The highest BCUT2D eigenvalue weighted by Crippen LogP contribution is 2.26. The van der Waals surface area contributed by atoms with Gasteiger partial charge in [-0.05, 0) is 26.0 Å². The normalized spacial score (nSPS) is 11.6. The maximum atomic E-state index is 13.1. The number of hydrogen-bond acceptors (Lipinski definition) is 3. The van der Waals surface area contributed by atoms with Gasteiger partial charge in [0.05, 0.1) is 17.6 Å². The first-order valence-corrected chi connectivity index (χ1v) is 5.80. The topological polar surface area (TPSA) is 67.6 Å². The number of H-pyrrole nitrogens is 1. The molecule has 2 heterocycles. The number of aryl methyl sites for hydroxylation is 1. The van der Waals surface area contributed by atoms with E-state index in [1.807, 2.05) is 19.9 Å². The number of aromatic nitrogens is 3. The van der Waals surface area contributed by atoms with Gasteiger partial charge in [-0.25, -0.2) is 4.39 Å². The van der Waals surface area contributed by atoms with Gasteiger partial charge in [0.1, 0.15) is 5.69 Å². The summed E-state index contributed by atoms with van der Waals surface area (Å²) in [6.45, 7) is 7.56. The Hall–Kier alpha value is -2.43. The second kappa shape index (κ2) is 5.06. The molecule has 0 unspecified atom stereocenters. The second-order valence-electron chi connectivity index (χ2n) is 4.29. The number of nitrogens with two attached hydrogens (primary N) is 1. The van der Waals surface area contributed by atoms with Crippen LogP contribution in [0.2, 0.25) is 0 Å². The first-order chi connectivity index (χ1) is 9.02. The minimum absolute atomic E-state index is 0.0565. The lowest BCUT2D eigenvalue weighted by Gasteiger charge is -2.02. The lowest BCUT2D eigenvalue weighted by Crippen LogP contribution is -1.95. The molecule has 3 N–H and O–H groups in total. The number of anilines is 1. The zero-order valence-corrected chi connectivity index (χ0v) is 10.9. The number of nitrogens with one attached hydrogen (secondary N) is 1. The Labute approximate surface area is 110 Å². The van der Waals surface area contributed by atoms with E-state index >= 15 is 0 Å². The average molecular weight is 258 g/mol. The van der Waals surface area contributed by atoms with Crippen molar-refractivity contribution < 1.29 is 4.39 Å². The van der Waals surface area contributed by atoms with Crippen LogP contribution < -0.4 is 5.73 Å². The van der Waals surface area contributed by atoms with Gasteiger partial charge in [0.25, 0.3) is 0 Å². The third kappa shape index (κ3) is 2.54. The van der Waals surface area contributed by atoms with Crippen molar-refractivity contribution in [3.8, 4) is 11.4 Å². The summed E-state index contributed by atoms with van der Waals surface area (Å²) in [4.78, 5) is 4.02. The third-order valence-corrected chi connectivity index (χ3v) is 2.82. The van der Waals surface area contributed by atoms with Crippen LogP contribution in [0.25, 0.3) is 17.5 Å². The largest absolute Gasteiger partial charge is 0.396 e. The number of nitrogen functional groups attached to an aromatic ring is 1. The van der Waals surface area contributed by atoms with E-state index in [-0.39, 0.29) is 5.69 Å². The zero-order chi connectivity index (χ0) is 14.0. The molecule has 0 saturated heterocycles. The van der Waals surface area contributed by atoms with Crippen molar-refractivity contribution in [1.82, 2.24) is 15.2 Å². The third-order valence-electron chi connectivity index (χ3n) is 2.82. The van der Waals surface area contributed by atoms with Gasteiger partial charge in [0, 0.05) is 11.3 Å². The molecule has 4 nitrogen and oxygen atoms in total. The number of halogens is 1. The molecular formula is C14H15FN4. The van der Waals surface area contributed by atoms with Crippen LogP contribution >= 0.6 is 0 Å². The van der Waals surface area contributed by atoms with Crippen molar-refractivity contribution in [2.45, 2.75) is 13.8 Å². The fourth-order valence-electron chi connectivity index (χ4n) is 1.68. The van der Waals surface area contributed by atoms with Crippen LogP contribution in [0.15, 0.2) is 30.5 Å². The summed E-state index contributed by atoms with van der Waals surface area (Å²) in [5.74, 6) is -0.532. The molecule has 0 spiro atoms. The molecule has 0 fully saturated rings. The molecule has 2 aromatic heterocycles. The molecule has 0 amide bonds. The van der Waals surface area contributed by atoms with Crippen LogP contribution in [0.1, 0.15) is 18.2 Å². The van der Waals surface area contributed by atoms with Crippen LogP contribution in [-0.4, -0.2) is 15.2 Å². The number of pyridine rings is 1. The highest BCUT2D eigenvalue weighted by Gasteiger charge is 2.13. The summed E-state index contributed by atoms with van der Waals surface area (Å²) < 4.78 is 13.1. The number of allylic oxidation sites excluding steroid dienone is 2. The van der Waals surface area contributed by atoms with E-state index in [9.17, 15) is 4.39 Å². The Morgan fingerprint density at radius 2 is 2.26 bits per heavy atom. The molecule has 98 valence electrons. The molecule has 0 bridgehead atoms. The molecule has 19 heavy (non-hydrogen) atoms. The lowest BCUT2D eigenvalue weighted by atomic mass is 10.1. The highest BCUT2D eigenvalue weighted by atomic mass is 19.1.